The summed E-state index contributed by atoms with van der Waals surface area (Å²) in [7, 11) is 0. The van der Waals surface area contributed by atoms with Gasteiger partial charge in [0.05, 0.1) is 6.42 Å². The molecule has 0 fully saturated rings. The summed E-state index contributed by atoms with van der Waals surface area (Å²) in [6, 6.07) is 1.56. The second-order valence-electron chi connectivity index (χ2n) is 5.44. The molecule has 110 valence electrons. The zero-order chi connectivity index (χ0) is 15.6. The van der Waals surface area contributed by atoms with E-state index in [1.54, 1.807) is 26.8 Å². The highest BCUT2D eigenvalue weighted by atomic mass is 79.9. The molecule has 7 heteroatoms. The molecule has 0 spiro atoms. The van der Waals surface area contributed by atoms with Gasteiger partial charge in [0.2, 0.25) is 0 Å². The van der Waals surface area contributed by atoms with Crippen LogP contribution < -0.4 is 5.73 Å². The zero-order valence-corrected chi connectivity index (χ0v) is 13.1. The summed E-state index contributed by atoms with van der Waals surface area (Å²) in [6.07, 6.45) is 2.29. The summed E-state index contributed by atoms with van der Waals surface area (Å²) >= 11 is 3.21. The normalized spacial score (nSPS) is 14.4. The van der Waals surface area contributed by atoms with Gasteiger partial charge in [-0.1, -0.05) is 0 Å². The number of halogens is 1. The number of aliphatic carboxylic acids is 1. The minimum atomic E-state index is -1.78. The van der Waals surface area contributed by atoms with E-state index in [0.29, 0.717) is 4.47 Å². The van der Waals surface area contributed by atoms with Crippen molar-refractivity contribution in [2.45, 2.75) is 38.3 Å². The number of pyridine rings is 1. The number of carboxylic acids is 1. The van der Waals surface area contributed by atoms with Crippen molar-refractivity contribution in [3.05, 3.63) is 28.5 Å². The van der Waals surface area contributed by atoms with Gasteiger partial charge >= 0.3 is 11.9 Å². The van der Waals surface area contributed by atoms with E-state index in [9.17, 15) is 9.59 Å². The van der Waals surface area contributed by atoms with Gasteiger partial charge in [-0.05, 0) is 42.8 Å². The number of ether oxygens (including phenoxy) is 1. The standard InChI is InChI=1S/C13H17BrN2O4/c1-12(2,3)20-11(19)13(15,5-10(17)18)8-4-9(14)7-16-6-8/h4,6-7H,5,15H2,1-3H3,(H,17,18). The smallest absolute Gasteiger partial charge is 0.331 e. The van der Waals surface area contributed by atoms with Crippen molar-refractivity contribution >= 4 is 27.9 Å². The van der Waals surface area contributed by atoms with Gasteiger partial charge in [0.25, 0.3) is 0 Å². The third-order valence-electron chi connectivity index (χ3n) is 2.41. The third kappa shape index (κ3) is 4.28. The fourth-order valence-corrected chi connectivity index (χ4v) is 1.92. The molecule has 1 unspecified atom stereocenters. The van der Waals surface area contributed by atoms with Crippen molar-refractivity contribution < 1.29 is 19.4 Å². The van der Waals surface area contributed by atoms with Crippen LogP contribution >= 0.6 is 15.9 Å². The average molecular weight is 345 g/mol. The molecule has 1 aromatic heterocycles. The van der Waals surface area contributed by atoms with Crippen LogP contribution in [0.1, 0.15) is 32.8 Å². The van der Waals surface area contributed by atoms with Gasteiger partial charge in [0.15, 0.2) is 5.54 Å². The number of aromatic nitrogens is 1. The van der Waals surface area contributed by atoms with Crippen LogP contribution in [0.4, 0.5) is 0 Å². The summed E-state index contributed by atoms with van der Waals surface area (Å²) in [5.74, 6) is -1.99. The predicted octanol–water partition coefficient (Wildman–Crippen LogP) is 1.81. The van der Waals surface area contributed by atoms with Gasteiger partial charge in [-0.25, -0.2) is 4.79 Å². The SMILES string of the molecule is CC(C)(C)OC(=O)C(N)(CC(=O)O)c1cncc(Br)c1. The van der Waals surface area contributed by atoms with Gasteiger partial charge in [-0.2, -0.15) is 0 Å². The van der Waals surface area contributed by atoms with Crippen LogP contribution in [0, 0.1) is 0 Å². The topological polar surface area (TPSA) is 103 Å². The van der Waals surface area contributed by atoms with Crippen molar-refractivity contribution in [3.63, 3.8) is 0 Å². The first-order valence-electron chi connectivity index (χ1n) is 5.90. The Kier molecular flexibility index (Phi) is 4.88. The molecule has 3 N–H and O–H groups in total. The fraction of sp³-hybridized carbons (Fsp3) is 0.462. The van der Waals surface area contributed by atoms with Gasteiger partial charge in [0.1, 0.15) is 5.60 Å². The van der Waals surface area contributed by atoms with E-state index >= 15 is 0 Å². The van der Waals surface area contributed by atoms with E-state index in [0.717, 1.165) is 0 Å². The van der Waals surface area contributed by atoms with E-state index in [1.807, 2.05) is 0 Å². The van der Waals surface area contributed by atoms with Crippen molar-refractivity contribution in [2.75, 3.05) is 0 Å². The second kappa shape index (κ2) is 5.88. The number of carbonyl (C=O) groups is 2. The minimum absolute atomic E-state index is 0.281. The van der Waals surface area contributed by atoms with Crippen LogP contribution in [-0.2, 0) is 19.9 Å². The van der Waals surface area contributed by atoms with Gasteiger partial charge < -0.3 is 15.6 Å². The van der Waals surface area contributed by atoms with Gasteiger partial charge in [-0.15, -0.1) is 0 Å². The number of hydrogen-bond acceptors (Lipinski definition) is 5. The molecule has 0 aliphatic heterocycles. The molecule has 1 heterocycles. The van der Waals surface area contributed by atoms with Crippen molar-refractivity contribution in [1.29, 1.82) is 0 Å². The average Bonchev–Trinajstić information content (AvgIpc) is 2.25. The van der Waals surface area contributed by atoms with E-state index in [4.69, 9.17) is 15.6 Å². The van der Waals surface area contributed by atoms with Gasteiger partial charge in [-0.3, -0.25) is 9.78 Å². The van der Waals surface area contributed by atoms with E-state index in [1.165, 1.54) is 12.4 Å². The maximum Gasteiger partial charge on any atom is 0.331 e. The Bertz CT molecular complexity index is 527. The lowest BCUT2D eigenvalue weighted by Crippen LogP contribution is -2.49. The largest absolute Gasteiger partial charge is 0.481 e. The number of nitrogens with two attached hydrogens (primary N) is 1. The Labute approximate surface area is 125 Å². The molecular formula is C13H17BrN2O4. The lowest BCUT2D eigenvalue weighted by molar-refractivity contribution is -0.165. The summed E-state index contributed by atoms with van der Waals surface area (Å²) in [4.78, 5) is 27.2. The highest BCUT2D eigenvalue weighted by Crippen LogP contribution is 2.27. The number of rotatable bonds is 4. The van der Waals surface area contributed by atoms with Crippen LogP contribution in [0.15, 0.2) is 22.9 Å². The number of hydrogen-bond donors (Lipinski definition) is 2. The van der Waals surface area contributed by atoms with E-state index in [-0.39, 0.29) is 5.56 Å². The molecule has 1 rings (SSSR count). The molecule has 1 aromatic rings. The first-order chi connectivity index (χ1) is 9.04. The molecule has 1 atom stereocenters. The lowest BCUT2D eigenvalue weighted by Gasteiger charge is -2.30. The molecule has 0 aliphatic rings. The van der Waals surface area contributed by atoms with E-state index in [2.05, 4.69) is 20.9 Å². The predicted molar refractivity (Wildman–Crippen MR) is 75.9 cm³/mol. The summed E-state index contributed by atoms with van der Waals surface area (Å²) in [5, 5.41) is 9.01. The van der Waals surface area contributed by atoms with Crippen LogP contribution in [0.2, 0.25) is 0 Å². The molecule has 0 saturated heterocycles. The molecule has 6 nitrogen and oxygen atoms in total. The number of carboxylic acid groups (broad SMARTS) is 1. The van der Waals surface area contributed by atoms with Crippen molar-refractivity contribution in [3.8, 4) is 0 Å². The van der Waals surface area contributed by atoms with Crippen LogP contribution in [-0.4, -0.2) is 27.6 Å². The Morgan fingerprint density at radius 1 is 1.40 bits per heavy atom. The number of nitrogens with zero attached hydrogens (tertiary/aromatic N) is 1. The minimum Gasteiger partial charge on any atom is -0.481 e. The summed E-state index contributed by atoms with van der Waals surface area (Å²) < 4.78 is 5.82. The molecular weight excluding hydrogens is 328 g/mol. The monoisotopic (exact) mass is 344 g/mol. The number of esters is 1. The Balaban J connectivity index is 3.22. The summed E-state index contributed by atoms with van der Waals surface area (Å²) in [6.45, 7) is 5.06. The fourth-order valence-electron chi connectivity index (χ4n) is 1.56. The molecule has 0 aromatic carbocycles. The van der Waals surface area contributed by atoms with Gasteiger partial charge in [0, 0.05) is 22.4 Å². The maximum atomic E-state index is 12.3. The van der Waals surface area contributed by atoms with Crippen molar-refractivity contribution in [2.24, 2.45) is 5.73 Å². The summed E-state index contributed by atoms with van der Waals surface area (Å²) in [5.41, 5.74) is 3.76. The van der Waals surface area contributed by atoms with Crippen molar-refractivity contribution in [1.82, 2.24) is 4.98 Å². The highest BCUT2D eigenvalue weighted by molar-refractivity contribution is 9.10. The Morgan fingerprint density at radius 3 is 2.45 bits per heavy atom. The Morgan fingerprint density at radius 2 is 2.00 bits per heavy atom. The third-order valence-corrected chi connectivity index (χ3v) is 2.85. The van der Waals surface area contributed by atoms with Crippen LogP contribution in [0.5, 0.6) is 0 Å². The maximum absolute atomic E-state index is 12.3. The zero-order valence-electron chi connectivity index (χ0n) is 11.5. The molecule has 0 radical (unpaired) electrons. The number of carbonyl (C=O) groups excluding carboxylic acids is 1. The molecule has 0 amide bonds. The van der Waals surface area contributed by atoms with E-state index < -0.39 is 29.5 Å². The Hall–Kier alpha value is -1.47. The molecule has 0 aliphatic carbocycles. The second-order valence-corrected chi connectivity index (χ2v) is 6.35. The highest BCUT2D eigenvalue weighted by Gasteiger charge is 2.42. The van der Waals surface area contributed by atoms with Crippen LogP contribution in [0.3, 0.4) is 0 Å². The molecule has 0 saturated carbocycles. The first-order valence-corrected chi connectivity index (χ1v) is 6.69. The quantitative estimate of drug-likeness (QED) is 0.807. The molecule has 20 heavy (non-hydrogen) atoms. The first kappa shape index (κ1) is 16.6. The lowest BCUT2D eigenvalue weighted by atomic mass is 9.88. The van der Waals surface area contributed by atoms with Crippen LogP contribution in [0.25, 0.3) is 0 Å². The molecule has 0 bridgehead atoms.